The van der Waals surface area contributed by atoms with Gasteiger partial charge >= 0.3 is 0 Å². The Labute approximate surface area is 143 Å². The molecule has 1 fully saturated rings. The summed E-state index contributed by atoms with van der Waals surface area (Å²) in [6.07, 6.45) is 4.17. The molecule has 1 aromatic carbocycles. The quantitative estimate of drug-likeness (QED) is 0.669. The Morgan fingerprint density at radius 1 is 1.12 bits per heavy atom. The monoisotopic (exact) mass is 338 g/mol. The van der Waals surface area contributed by atoms with Crippen LogP contribution in [-0.2, 0) is 11.2 Å². The van der Waals surface area contributed by atoms with Crippen molar-refractivity contribution in [1.82, 2.24) is 10.3 Å². The predicted octanol–water partition coefficient (Wildman–Crippen LogP) is 3.22. The summed E-state index contributed by atoms with van der Waals surface area (Å²) in [5.74, 6) is -0.436. The number of nitrogens with one attached hydrogen (secondary N) is 1. The topological polar surface area (TPSA) is 76.1 Å². The number of carbonyl (C=O) groups is 3. The zero-order chi connectivity index (χ0) is 16.9. The lowest BCUT2D eigenvalue weighted by molar-refractivity contribution is -0.115. The lowest BCUT2D eigenvalue weighted by Crippen LogP contribution is -2.17. The van der Waals surface area contributed by atoms with Gasteiger partial charge < -0.3 is 0 Å². The standard InChI is InChI=1S/C18H14N2O3S/c21-15(9-7-12-4-2-1-3-5-12)14-8-6-13(11-19-14)10-16-17(22)20-18(23)24-16/h1-6,8,10-11H,7,9H2,(H,20,22,23)/b16-10+. The number of thioether (sulfide) groups is 1. The summed E-state index contributed by atoms with van der Waals surface area (Å²) in [6, 6.07) is 13.2. The zero-order valence-electron chi connectivity index (χ0n) is 12.7. The van der Waals surface area contributed by atoms with Crippen LogP contribution in [0, 0.1) is 0 Å². The first kappa shape index (κ1) is 16.1. The molecule has 5 nitrogen and oxygen atoms in total. The number of nitrogens with zero attached hydrogens (tertiary/aromatic N) is 1. The minimum atomic E-state index is -0.409. The van der Waals surface area contributed by atoms with E-state index in [1.807, 2.05) is 30.3 Å². The second kappa shape index (κ2) is 7.23. The molecule has 3 rings (SSSR count). The highest BCUT2D eigenvalue weighted by Gasteiger charge is 2.24. The summed E-state index contributed by atoms with van der Waals surface area (Å²) < 4.78 is 0. The van der Waals surface area contributed by atoms with Crippen molar-refractivity contribution < 1.29 is 14.4 Å². The number of rotatable bonds is 5. The normalized spacial score (nSPS) is 15.6. The average molecular weight is 338 g/mol. The Kier molecular flexibility index (Phi) is 4.86. The first-order valence-electron chi connectivity index (χ1n) is 7.40. The number of imide groups is 1. The molecule has 2 amide bonds. The maximum atomic E-state index is 12.2. The van der Waals surface area contributed by atoms with Gasteiger partial charge in [-0.25, -0.2) is 0 Å². The molecule has 0 bridgehead atoms. The van der Waals surface area contributed by atoms with Crippen molar-refractivity contribution in [3.63, 3.8) is 0 Å². The molecule has 0 spiro atoms. The van der Waals surface area contributed by atoms with Crippen LogP contribution in [0.2, 0.25) is 0 Å². The van der Waals surface area contributed by atoms with Gasteiger partial charge in [-0.15, -0.1) is 0 Å². The molecule has 1 aliphatic heterocycles. The van der Waals surface area contributed by atoms with Crippen LogP contribution in [0.5, 0.6) is 0 Å². The number of pyridine rings is 1. The van der Waals surface area contributed by atoms with Crippen molar-refractivity contribution in [1.29, 1.82) is 0 Å². The van der Waals surface area contributed by atoms with Crippen LogP contribution >= 0.6 is 11.8 Å². The molecule has 1 saturated heterocycles. The molecule has 0 saturated carbocycles. The Morgan fingerprint density at radius 2 is 1.92 bits per heavy atom. The van der Waals surface area contributed by atoms with Crippen molar-refractivity contribution in [2.24, 2.45) is 0 Å². The summed E-state index contributed by atoms with van der Waals surface area (Å²) in [4.78, 5) is 39.3. The van der Waals surface area contributed by atoms with Crippen LogP contribution in [0.15, 0.2) is 53.6 Å². The van der Waals surface area contributed by atoms with Gasteiger partial charge in [0.2, 0.25) is 0 Å². The van der Waals surface area contributed by atoms with Gasteiger partial charge in [0.05, 0.1) is 4.91 Å². The van der Waals surface area contributed by atoms with Crippen molar-refractivity contribution in [2.45, 2.75) is 12.8 Å². The Morgan fingerprint density at radius 3 is 2.54 bits per heavy atom. The number of Topliss-reactive ketones (excluding diaryl/α,β-unsaturated/α-hetero) is 1. The molecule has 1 N–H and O–H groups in total. The molecule has 120 valence electrons. The smallest absolute Gasteiger partial charge is 0.290 e. The highest BCUT2D eigenvalue weighted by molar-refractivity contribution is 8.18. The highest BCUT2D eigenvalue weighted by Crippen LogP contribution is 2.25. The summed E-state index contributed by atoms with van der Waals surface area (Å²) in [5, 5.41) is 1.81. The largest absolute Gasteiger partial charge is 0.292 e. The minimum absolute atomic E-state index is 0.0266. The average Bonchev–Trinajstić information content (AvgIpc) is 2.91. The molecule has 2 heterocycles. The molecule has 0 atom stereocenters. The van der Waals surface area contributed by atoms with Crippen molar-refractivity contribution in [3.8, 4) is 0 Å². The molecule has 0 aliphatic carbocycles. The third kappa shape index (κ3) is 3.97. The van der Waals surface area contributed by atoms with E-state index < -0.39 is 5.91 Å². The number of ketones is 1. The molecular weight excluding hydrogens is 324 g/mol. The van der Waals surface area contributed by atoms with E-state index in [1.54, 1.807) is 18.2 Å². The van der Waals surface area contributed by atoms with Crippen LogP contribution in [-0.4, -0.2) is 21.9 Å². The fourth-order valence-corrected chi connectivity index (χ4v) is 2.94. The van der Waals surface area contributed by atoms with Gasteiger partial charge in [-0.2, -0.15) is 0 Å². The van der Waals surface area contributed by atoms with Gasteiger partial charge in [0, 0.05) is 12.6 Å². The predicted molar refractivity (Wildman–Crippen MR) is 92.4 cm³/mol. The lowest BCUT2D eigenvalue weighted by atomic mass is 10.1. The number of aryl methyl sites for hydroxylation is 1. The van der Waals surface area contributed by atoms with E-state index >= 15 is 0 Å². The van der Waals surface area contributed by atoms with Crippen LogP contribution in [0.4, 0.5) is 4.79 Å². The van der Waals surface area contributed by atoms with Gasteiger partial charge in [-0.05, 0) is 41.5 Å². The van der Waals surface area contributed by atoms with E-state index in [2.05, 4.69) is 10.3 Å². The van der Waals surface area contributed by atoms with E-state index in [0.717, 1.165) is 17.3 Å². The van der Waals surface area contributed by atoms with Crippen molar-refractivity contribution in [3.05, 3.63) is 70.4 Å². The van der Waals surface area contributed by atoms with Crippen LogP contribution in [0.25, 0.3) is 6.08 Å². The highest BCUT2D eigenvalue weighted by atomic mass is 32.2. The number of amides is 2. The van der Waals surface area contributed by atoms with E-state index in [0.29, 0.717) is 29.0 Å². The second-order valence-electron chi connectivity index (χ2n) is 5.24. The van der Waals surface area contributed by atoms with Gasteiger partial charge in [-0.1, -0.05) is 36.4 Å². The van der Waals surface area contributed by atoms with Crippen LogP contribution in [0.3, 0.4) is 0 Å². The summed E-state index contributed by atoms with van der Waals surface area (Å²) in [6.45, 7) is 0. The number of hydrogen-bond donors (Lipinski definition) is 1. The Hall–Kier alpha value is -2.73. The van der Waals surface area contributed by atoms with Crippen LogP contribution in [0.1, 0.15) is 28.0 Å². The molecule has 0 radical (unpaired) electrons. The fraction of sp³-hybridized carbons (Fsp3) is 0.111. The van der Waals surface area contributed by atoms with Gasteiger partial charge in [0.25, 0.3) is 11.1 Å². The first-order chi connectivity index (χ1) is 11.6. The second-order valence-corrected chi connectivity index (χ2v) is 6.25. The molecule has 24 heavy (non-hydrogen) atoms. The van der Waals surface area contributed by atoms with Gasteiger partial charge in [0.15, 0.2) is 5.78 Å². The number of carbonyl (C=O) groups excluding carboxylic acids is 3. The first-order valence-corrected chi connectivity index (χ1v) is 8.21. The third-order valence-electron chi connectivity index (χ3n) is 3.50. The SMILES string of the molecule is O=C1NC(=O)/C(=C\c2ccc(C(=O)CCc3ccccc3)nc2)S1. The Balaban J connectivity index is 1.64. The molecule has 1 aromatic heterocycles. The molecular formula is C18H14N2O3S. The third-order valence-corrected chi connectivity index (χ3v) is 4.31. The summed E-state index contributed by atoms with van der Waals surface area (Å²) in [5.41, 5.74) is 2.18. The maximum absolute atomic E-state index is 12.2. The fourth-order valence-electron chi connectivity index (χ4n) is 2.26. The number of aromatic nitrogens is 1. The van der Waals surface area contributed by atoms with E-state index in [-0.39, 0.29) is 11.0 Å². The zero-order valence-corrected chi connectivity index (χ0v) is 13.5. The minimum Gasteiger partial charge on any atom is -0.292 e. The van der Waals surface area contributed by atoms with Gasteiger partial charge in [-0.3, -0.25) is 24.7 Å². The molecule has 2 aromatic rings. The van der Waals surface area contributed by atoms with E-state index in [1.165, 1.54) is 6.20 Å². The van der Waals surface area contributed by atoms with Crippen molar-refractivity contribution in [2.75, 3.05) is 0 Å². The summed E-state index contributed by atoms with van der Waals surface area (Å²) in [7, 11) is 0. The molecule has 6 heteroatoms. The molecule has 0 unspecified atom stereocenters. The maximum Gasteiger partial charge on any atom is 0.290 e. The van der Waals surface area contributed by atoms with Crippen LogP contribution < -0.4 is 5.32 Å². The van der Waals surface area contributed by atoms with Crippen molar-refractivity contribution >= 4 is 34.8 Å². The van der Waals surface area contributed by atoms with Gasteiger partial charge in [0.1, 0.15) is 5.69 Å². The molecule has 1 aliphatic rings. The van der Waals surface area contributed by atoms with E-state index in [4.69, 9.17) is 0 Å². The lowest BCUT2D eigenvalue weighted by Gasteiger charge is -2.02. The Bertz CT molecular complexity index is 814. The number of benzene rings is 1. The summed E-state index contributed by atoms with van der Waals surface area (Å²) >= 11 is 0.852. The van der Waals surface area contributed by atoms with E-state index in [9.17, 15) is 14.4 Å². The number of hydrogen-bond acceptors (Lipinski definition) is 5.